The van der Waals surface area contributed by atoms with Crippen LogP contribution in [0.4, 0.5) is 5.69 Å². The standard InChI is InChI=1S/C16H23N3O/c1-18-10-11(9-17)7-15(18)13-3-5-14-12(8-13)4-6-16(20)19(14)2/h3,5,8,11,15H,4,6-7,9-10,17H2,1-2H3. The van der Waals surface area contributed by atoms with E-state index in [9.17, 15) is 4.79 Å². The Morgan fingerprint density at radius 2 is 2.10 bits per heavy atom. The number of fused-ring (bicyclic) bond motifs is 1. The van der Waals surface area contributed by atoms with Crippen molar-refractivity contribution >= 4 is 11.6 Å². The number of carbonyl (C=O) groups excluding carboxylic acids is 1. The van der Waals surface area contributed by atoms with Gasteiger partial charge in [-0.3, -0.25) is 9.69 Å². The molecule has 4 heteroatoms. The van der Waals surface area contributed by atoms with Gasteiger partial charge in [-0.1, -0.05) is 12.1 Å². The maximum absolute atomic E-state index is 11.7. The molecule has 0 radical (unpaired) electrons. The summed E-state index contributed by atoms with van der Waals surface area (Å²) >= 11 is 0. The number of rotatable bonds is 2. The van der Waals surface area contributed by atoms with Crippen LogP contribution in [0.3, 0.4) is 0 Å². The maximum atomic E-state index is 11.7. The molecule has 4 nitrogen and oxygen atoms in total. The molecule has 0 spiro atoms. The second-order valence-corrected chi connectivity index (χ2v) is 6.13. The summed E-state index contributed by atoms with van der Waals surface area (Å²) in [4.78, 5) is 15.9. The molecular weight excluding hydrogens is 250 g/mol. The summed E-state index contributed by atoms with van der Waals surface area (Å²) in [5.74, 6) is 0.816. The smallest absolute Gasteiger partial charge is 0.227 e. The summed E-state index contributed by atoms with van der Waals surface area (Å²) < 4.78 is 0. The molecule has 1 aromatic rings. The van der Waals surface area contributed by atoms with Crippen LogP contribution in [0.2, 0.25) is 0 Å². The normalized spacial score (nSPS) is 26.9. The van der Waals surface area contributed by atoms with Gasteiger partial charge in [0.05, 0.1) is 0 Å². The first-order valence-electron chi connectivity index (χ1n) is 7.40. The van der Waals surface area contributed by atoms with Gasteiger partial charge < -0.3 is 10.6 Å². The van der Waals surface area contributed by atoms with Crippen molar-refractivity contribution in [2.75, 3.05) is 32.1 Å². The van der Waals surface area contributed by atoms with E-state index in [-0.39, 0.29) is 5.91 Å². The molecular formula is C16H23N3O. The van der Waals surface area contributed by atoms with Crippen LogP contribution in [0.15, 0.2) is 18.2 Å². The third-order valence-corrected chi connectivity index (χ3v) is 4.80. The van der Waals surface area contributed by atoms with Crippen LogP contribution in [0.5, 0.6) is 0 Å². The maximum Gasteiger partial charge on any atom is 0.227 e. The zero-order valence-electron chi connectivity index (χ0n) is 12.3. The average Bonchev–Trinajstić information content (AvgIpc) is 2.84. The lowest BCUT2D eigenvalue weighted by Crippen LogP contribution is -2.31. The highest BCUT2D eigenvalue weighted by Crippen LogP contribution is 2.36. The van der Waals surface area contributed by atoms with Crippen molar-refractivity contribution in [2.45, 2.75) is 25.3 Å². The van der Waals surface area contributed by atoms with Crippen molar-refractivity contribution in [3.63, 3.8) is 0 Å². The van der Waals surface area contributed by atoms with Crippen molar-refractivity contribution in [3.05, 3.63) is 29.3 Å². The SMILES string of the molecule is CN1C(=O)CCc2cc(C3CC(CN)CN3C)ccc21. The Hall–Kier alpha value is -1.39. The first-order chi connectivity index (χ1) is 9.60. The topological polar surface area (TPSA) is 49.6 Å². The summed E-state index contributed by atoms with van der Waals surface area (Å²) in [6, 6.07) is 7.04. The van der Waals surface area contributed by atoms with Crippen LogP contribution in [0, 0.1) is 5.92 Å². The molecule has 20 heavy (non-hydrogen) atoms. The third-order valence-electron chi connectivity index (χ3n) is 4.80. The molecule has 0 bridgehead atoms. The predicted molar refractivity (Wildman–Crippen MR) is 80.7 cm³/mol. The lowest BCUT2D eigenvalue weighted by atomic mass is 9.94. The number of hydrogen-bond donors (Lipinski definition) is 1. The van der Waals surface area contributed by atoms with E-state index in [1.165, 1.54) is 11.1 Å². The largest absolute Gasteiger partial charge is 0.330 e. The van der Waals surface area contributed by atoms with Crippen molar-refractivity contribution < 1.29 is 4.79 Å². The van der Waals surface area contributed by atoms with Gasteiger partial charge >= 0.3 is 0 Å². The Kier molecular flexibility index (Phi) is 3.52. The molecule has 2 heterocycles. The fraction of sp³-hybridized carbons (Fsp3) is 0.562. The number of hydrogen-bond acceptors (Lipinski definition) is 3. The van der Waals surface area contributed by atoms with Gasteiger partial charge in [-0.15, -0.1) is 0 Å². The van der Waals surface area contributed by atoms with E-state index >= 15 is 0 Å². The number of nitrogens with two attached hydrogens (primary N) is 1. The lowest BCUT2D eigenvalue weighted by Gasteiger charge is -2.28. The van der Waals surface area contributed by atoms with Gasteiger partial charge in [-0.2, -0.15) is 0 Å². The summed E-state index contributed by atoms with van der Waals surface area (Å²) in [5, 5.41) is 0. The molecule has 1 fully saturated rings. The average molecular weight is 273 g/mol. The predicted octanol–water partition coefficient (Wildman–Crippen LogP) is 1.55. The van der Waals surface area contributed by atoms with Crippen molar-refractivity contribution in [1.29, 1.82) is 0 Å². The molecule has 2 N–H and O–H groups in total. The Morgan fingerprint density at radius 1 is 1.30 bits per heavy atom. The van der Waals surface area contributed by atoms with Crippen LogP contribution in [-0.2, 0) is 11.2 Å². The quantitative estimate of drug-likeness (QED) is 0.889. The van der Waals surface area contributed by atoms with Crippen LogP contribution in [0.25, 0.3) is 0 Å². The Morgan fingerprint density at radius 3 is 2.80 bits per heavy atom. The van der Waals surface area contributed by atoms with E-state index in [4.69, 9.17) is 5.73 Å². The highest BCUT2D eigenvalue weighted by Gasteiger charge is 2.30. The Bertz CT molecular complexity index is 528. The Labute approximate surface area is 120 Å². The molecule has 3 rings (SSSR count). The van der Waals surface area contributed by atoms with Gasteiger partial charge in [-0.05, 0) is 49.5 Å². The number of aryl methyl sites for hydroxylation is 1. The van der Waals surface area contributed by atoms with Crippen LogP contribution < -0.4 is 10.6 Å². The minimum atomic E-state index is 0.214. The van der Waals surface area contributed by atoms with E-state index in [1.807, 2.05) is 7.05 Å². The number of nitrogens with zero attached hydrogens (tertiary/aromatic N) is 2. The van der Waals surface area contributed by atoms with E-state index in [2.05, 4.69) is 30.1 Å². The number of carbonyl (C=O) groups is 1. The molecule has 108 valence electrons. The highest BCUT2D eigenvalue weighted by molar-refractivity contribution is 5.95. The third kappa shape index (κ3) is 2.23. The molecule has 0 saturated carbocycles. The highest BCUT2D eigenvalue weighted by atomic mass is 16.2. The fourth-order valence-electron chi connectivity index (χ4n) is 3.55. The minimum absolute atomic E-state index is 0.214. The van der Waals surface area contributed by atoms with Crippen LogP contribution >= 0.6 is 0 Å². The molecule has 1 saturated heterocycles. The van der Waals surface area contributed by atoms with Gasteiger partial charge in [0.1, 0.15) is 0 Å². The van der Waals surface area contributed by atoms with Crippen molar-refractivity contribution in [3.8, 4) is 0 Å². The van der Waals surface area contributed by atoms with Crippen LogP contribution in [0.1, 0.15) is 30.0 Å². The second-order valence-electron chi connectivity index (χ2n) is 6.13. The number of benzene rings is 1. The fourth-order valence-corrected chi connectivity index (χ4v) is 3.55. The summed E-state index contributed by atoms with van der Waals surface area (Å²) in [7, 11) is 4.04. The summed E-state index contributed by atoms with van der Waals surface area (Å²) in [6.07, 6.45) is 2.63. The summed E-state index contributed by atoms with van der Waals surface area (Å²) in [6.45, 7) is 1.85. The molecule has 1 amide bonds. The van der Waals surface area contributed by atoms with Gasteiger partial charge in [-0.25, -0.2) is 0 Å². The Balaban J connectivity index is 1.88. The van der Waals surface area contributed by atoms with Crippen molar-refractivity contribution in [1.82, 2.24) is 4.90 Å². The summed E-state index contributed by atoms with van der Waals surface area (Å²) in [5.41, 5.74) is 9.55. The van der Waals surface area contributed by atoms with E-state index in [0.717, 1.165) is 31.6 Å². The molecule has 2 aliphatic heterocycles. The van der Waals surface area contributed by atoms with Gasteiger partial charge in [0, 0.05) is 31.7 Å². The van der Waals surface area contributed by atoms with Gasteiger partial charge in [0.15, 0.2) is 0 Å². The van der Waals surface area contributed by atoms with Crippen molar-refractivity contribution in [2.24, 2.45) is 11.7 Å². The monoisotopic (exact) mass is 273 g/mol. The first-order valence-corrected chi connectivity index (χ1v) is 7.40. The van der Waals surface area contributed by atoms with Crippen LogP contribution in [-0.4, -0.2) is 38.0 Å². The number of amides is 1. The second kappa shape index (κ2) is 5.19. The van der Waals surface area contributed by atoms with Gasteiger partial charge in [0.2, 0.25) is 5.91 Å². The van der Waals surface area contributed by atoms with E-state index in [0.29, 0.717) is 18.4 Å². The zero-order valence-corrected chi connectivity index (χ0v) is 12.3. The lowest BCUT2D eigenvalue weighted by molar-refractivity contribution is -0.118. The molecule has 0 aliphatic carbocycles. The molecule has 0 aromatic heterocycles. The first kappa shape index (κ1) is 13.6. The van der Waals surface area contributed by atoms with E-state index < -0.39 is 0 Å². The molecule has 2 atom stereocenters. The zero-order chi connectivity index (χ0) is 14.3. The minimum Gasteiger partial charge on any atom is -0.330 e. The number of likely N-dealkylation sites (tertiary alicyclic amines) is 1. The molecule has 1 aromatic carbocycles. The van der Waals surface area contributed by atoms with Gasteiger partial charge in [0.25, 0.3) is 0 Å². The van der Waals surface area contributed by atoms with E-state index in [1.54, 1.807) is 4.90 Å². The molecule has 2 unspecified atom stereocenters. The number of anilines is 1. The molecule has 2 aliphatic rings.